The van der Waals surface area contributed by atoms with Gasteiger partial charge in [-0.3, -0.25) is 47.9 Å². The summed E-state index contributed by atoms with van der Waals surface area (Å²) in [7, 11) is 0. The van der Waals surface area contributed by atoms with Crippen LogP contribution in [0.25, 0.3) is 0 Å². The Balaban J connectivity index is 2.10. The first-order valence-electron chi connectivity index (χ1n) is 24.6. The van der Waals surface area contributed by atoms with Crippen LogP contribution >= 0.6 is 11.3 Å². The number of nitrogens with two attached hydrogens (primary N) is 3. The van der Waals surface area contributed by atoms with Crippen molar-refractivity contribution in [3.8, 4) is 0 Å². The summed E-state index contributed by atoms with van der Waals surface area (Å²) in [6.07, 6.45) is -4.19. The maximum absolute atomic E-state index is 14.3. The number of amides is 10. The second-order valence-electron chi connectivity index (χ2n) is 18.4. The monoisotopic (exact) mass is 1070 g/mol. The van der Waals surface area contributed by atoms with Gasteiger partial charge < -0.3 is 85.7 Å². The van der Waals surface area contributed by atoms with E-state index in [1.54, 1.807) is 51.1 Å². The smallest absolute Gasteiger partial charge is 0.271 e. The van der Waals surface area contributed by atoms with Crippen LogP contribution in [0.15, 0.2) is 35.8 Å². The van der Waals surface area contributed by atoms with E-state index in [1.165, 1.54) is 19.4 Å². The van der Waals surface area contributed by atoms with Gasteiger partial charge in [-0.2, -0.15) is 0 Å². The molecule has 1 fully saturated rings. The Morgan fingerprint density at radius 3 is 1.69 bits per heavy atom. The predicted octanol–water partition coefficient (Wildman–Crippen LogP) is -5.96. The zero-order valence-electron chi connectivity index (χ0n) is 42.7. The topological polar surface area (TPSA) is 443 Å². The van der Waals surface area contributed by atoms with Crippen LogP contribution in [0.1, 0.15) is 80.7 Å². The number of rotatable bonds is 19. The van der Waals surface area contributed by atoms with Gasteiger partial charge in [0.2, 0.25) is 53.2 Å². The Morgan fingerprint density at radius 1 is 0.693 bits per heavy atom. The Bertz CT molecular complexity index is 2270. The van der Waals surface area contributed by atoms with Gasteiger partial charge >= 0.3 is 0 Å². The molecule has 3 rings (SSSR count). The van der Waals surface area contributed by atoms with Crippen LogP contribution in [-0.2, 0) is 49.6 Å². The maximum Gasteiger partial charge on any atom is 0.271 e. The quantitative estimate of drug-likeness (QED) is 0.0623. The van der Waals surface area contributed by atoms with Gasteiger partial charge in [-0.15, -0.1) is 11.3 Å². The van der Waals surface area contributed by atoms with Crippen LogP contribution in [-0.4, -0.2) is 179 Å². The Labute approximate surface area is 438 Å². The number of aliphatic hydroxyl groups excluding tert-OH is 3. The standard InChI is InChI=1S/C47H74N14O13S/c1-23(2)19-32-42(69)55-28(11-15-48)38(65)54-30(13-17-50)41(68)60-35(24(3)63)45(72)51-18-14-31(40(67)53-29(12-16-49)39(66)58-33(43(70)57-32)20-27-9-7-6-8-10-27)56-44(71)34(21-62)59-46(73)36(25(4)64)61-47(74)37-26(5)75-22-52-37/h6-10,22-25,28-36,62-64H,11-21,48-50H2,1-5H3,(H,51,72)(H,53,67)(H,54,65)(H,55,69)(H,56,71)(H,57,70)(H,58,66)(H,59,73)(H,60,68)(H,61,74)/t24-,25-,28+,29+,30+,31+,32+,33-,34-,35+,36+/m1/s1. The van der Waals surface area contributed by atoms with Gasteiger partial charge in [0.05, 0.1) is 24.3 Å². The lowest BCUT2D eigenvalue weighted by Gasteiger charge is -2.28. The molecule has 1 aliphatic heterocycles. The second-order valence-corrected chi connectivity index (χ2v) is 19.5. The number of carbonyl (C=O) groups is 10. The van der Waals surface area contributed by atoms with Crippen LogP contribution < -0.4 is 70.4 Å². The number of aromatic nitrogens is 1. The van der Waals surface area contributed by atoms with Crippen LogP contribution in [0.2, 0.25) is 0 Å². The first kappa shape index (κ1) is 62.6. The summed E-state index contributed by atoms with van der Waals surface area (Å²) in [5.74, 6) is -9.76. The van der Waals surface area contributed by atoms with Gasteiger partial charge in [0.25, 0.3) is 5.91 Å². The molecule has 0 radical (unpaired) electrons. The van der Waals surface area contributed by atoms with Gasteiger partial charge in [-0.1, -0.05) is 44.2 Å². The Kier molecular flexibility index (Phi) is 26.1. The van der Waals surface area contributed by atoms with Crippen molar-refractivity contribution in [2.45, 2.75) is 140 Å². The van der Waals surface area contributed by atoms with Crippen molar-refractivity contribution in [1.82, 2.24) is 58.2 Å². The lowest BCUT2D eigenvalue weighted by atomic mass is 10.00. The average molecular weight is 1080 g/mol. The van der Waals surface area contributed by atoms with Crippen molar-refractivity contribution in [3.63, 3.8) is 0 Å². The molecule has 10 amide bonds. The van der Waals surface area contributed by atoms with Gasteiger partial charge in [-0.25, -0.2) is 4.98 Å². The van der Waals surface area contributed by atoms with E-state index >= 15 is 0 Å². The highest BCUT2D eigenvalue weighted by Gasteiger charge is 2.37. The highest BCUT2D eigenvalue weighted by atomic mass is 32.1. The fraction of sp³-hybridized carbons (Fsp3) is 0.596. The molecule has 2 aromatic rings. The van der Waals surface area contributed by atoms with Crippen molar-refractivity contribution < 1.29 is 63.3 Å². The number of benzene rings is 1. The van der Waals surface area contributed by atoms with E-state index in [0.29, 0.717) is 10.4 Å². The number of nitrogens with one attached hydrogen (secondary N) is 10. The van der Waals surface area contributed by atoms with Crippen molar-refractivity contribution in [2.75, 3.05) is 32.8 Å². The third kappa shape index (κ3) is 19.8. The van der Waals surface area contributed by atoms with Crippen molar-refractivity contribution in [2.24, 2.45) is 23.1 Å². The van der Waals surface area contributed by atoms with Crippen molar-refractivity contribution in [1.29, 1.82) is 0 Å². The van der Waals surface area contributed by atoms with Gasteiger partial charge in [0.1, 0.15) is 60.1 Å². The molecule has 0 unspecified atom stereocenters. The molecule has 1 aromatic carbocycles. The summed E-state index contributed by atoms with van der Waals surface area (Å²) >= 11 is 1.16. The molecule has 19 N–H and O–H groups in total. The highest BCUT2D eigenvalue weighted by Crippen LogP contribution is 2.13. The fourth-order valence-electron chi connectivity index (χ4n) is 7.67. The van der Waals surface area contributed by atoms with E-state index in [0.717, 1.165) is 11.3 Å². The zero-order chi connectivity index (χ0) is 55.9. The number of aliphatic hydroxyl groups is 3. The van der Waals surface area contributed by atoms with Crippen molar-refractivity contribution >= 4 is 70.4 Å². The SMILES string of the molecule is Cc1scnc1C(=O)N[C@H](C(=O)N[C@H](CO)C(=O)N[C@H]1CCNC(=O)[C@H]([C@@H](C)O)NC(=O)[C@H](CCN)NC(=O)[C@H](CCN)NC(=O)[C@H](CC(C)C)NC(=O)[C@@H](Cc2ccccc2)NC(=O)[C@H](CCN)NC1=O)[C@@H](C)O. The molecule has 1 aromatic heterocycles. The first-order valence-corrected chi connectivity index (χ1v) is 25.5. The lowest BCUT2D eigenvalue weighted by molar-refractivity contribution is -0.136. The molecule has 416 valence electrons. The molecule has 75 heavy (non-hydrogen) atoms. The number of thiazole rings is 1. The minimum atomic E-state index is -1.83. The van der Waals surface area contributed by atoms with Crippen LogP contribution in [0, 0.1) is 12.8 Å². The Hall–Kier alpha value is -6.69. The predicted molar refractivity (Wildman–Crippen MR) is 272 cm³/mol. The summed E-state index contributed by atoms with van der Waals surface area (Å²) < 4.78 is 0. The Morgan fingerprint density at radius 2 is 1.20 bits per heavy atom. The molecule has 11 atom stereocenters. The number of hydrogen-bond acceptors (Lipinski definition) is 18. The van der Waals surface area contributed by atoms with Gasteiger partial charge in [0.15, 0.2) is 0 Å². The van der Waals surface area contributed by atoms with Gasteiger partial charge in [0, 0.05) is 17.8 Å². The van der Waals surface area contributed by atoms with Gasteiger partial charge in [-0.05, 0) is 84.0 Å². The summed E-state index contributed by atoms with van der Waals surface area (Å²) in [5, 5.41) is 56.3. The number of nitrogens with zero attached hydrogens (tertiary/aromatic N) is 1. The number of hydrogen-bond donors (Lipinski definition) is 16. The molecule has 0 aliphatic carbocycles. The number of carbonyl (C=O) groups excluding carboxylic acids is 10. The summed E-state index contributed by atoms with van der Waals surface area (Å²) in [4.78, 5) is 143. The third-order valence-electron chi connectivity index (χ3n) is 11.8. The average Bonchev–Trinajstić information content (AvgIpc) is 3.80. The molecule has 28 heteroatoms. The van der Waals surface area contributed by atoms with E-state index in [2.05, 4.69) is 58.2 Å². The molecule has 27 nitrogen and oxygen atoms in total. The molecular weight excluding hydrogens is 1000 g/mol. The minimum absolute atomic E-state index is 0.0182. The number of aryl methyl sites for hydroxylation is 1. The summed E-state index contributed by atoms with van der Waals surface area (Å²) in [5.41, 5.74) is 19.5. The fourth-order valence-corrected chi connectivity index (χ4v) is 8.25. The largest absolute Gasteiger partial charge is 0.394 e. The minimum Gasteiger partial charge on any atom is -0.394 e. The van der Waals surface area contributed by atoms with E-state index in [4.69, 9.17) is 17.2 Å². The zero-order valence-corrected chi connectivity index (χ0v) is 43.5. The first-order chi connectivity index (χ1) is 35.5. The highest BCUT2D eigenvalue weighted by molar-refractivity contribution is 7.09. The van der Waals surface area contributed by atoms with E-state index in [1.807, 2.05) is 0 Å². The van der Waals surface area contributed by atoms with Crippen LogP contribution in [0.3, 0.4) is 0 Å². The summed E-state index contributed by atoms with van der Waals surface area (Å²) in [6.45, 7) is 5.55. The van der Waals surface area contributed by atoms with E-state index < -0.39 is 145 Å². The molecule has 1 aliphatic rings. The molecule has 0 saturated carbocycles. The lowest BCUT2D eigenvalue weighted by Crippen LogP contribution is -2.61. The molecule has 0 spiro atoms. The second kappa shape index (κ2) is 31.3. The molecule has 0 bridgehead atoms. The van der Waals surface area contributed by atoms with Crippen molar-refractivity contribution in [3.05, 3.63) is 52.0 Å². The van der Waals surface area contributed by atoms with Crippen LogP contribution in [0.5, 0.6) is 0 Å². The third-order valence-corrected chi connectivity index (χ3v) is 12.5. The maximum atomic E-state index is 14.3. The van der Waals surface area contributed by atoms with E-state index in [9.17, 15) is 63.3 Å². The molecular formula is C47H74N14O13S. The molecule has 1 saturated heterocycles. The molecule has 2 heterocycles. The normalized spacial score (nSPS) is 23.6. The van der Waals surface area contributed by atoms with E-state index in [-0.39, 0.29) is 63.4 Å². The summed E-state index contributed by atoms with van der Waals surface area (Å²) in [6, 6.07) is -5.33. The van der Waals surface area contributed by atoms with Crippen LogP contribution in [0.4, 0.5) is 0 Å².